The summed E-state index contributed by atoms with van der Waals surface area (Å²) < 4.78 is 38.1. The maximum atomic E-state index is 12.8. The van der Waals surface area contributed by atoms with Crippen LogP contribution in [-0.2, 0) is 16.6 Å². The molecule has 0 atom stereocenters. The van der Waals surface area contributed by atoms with Gasteiger partial charge in [-0.3, -0.25) is 9.69 Å². The predicted octanol–water partition coefficient (Wildman–Crippen LogP) is 3.01. The van der Waals surface area contributed by atoms with Crippen LogP contribution in [0.3, 0.4) is 0 Å². The van der Waals surface area contributed by atoms with Gasteiger partial charge in [-0.25, -0.2) is 8.42 Å². The average Bonchev–Trinajstić information content (AvgIpc) is 2.92. The van der Waals surface area contributed by atoms with E-state index in [4.69, 9.17) is 9.47 Å². The lowest BCUT2D eigenvalue weighted by Crippen LogP contribution is -2.48. The molecule has 9 heteroatoms. The van der Waals surface area contributed by atoms with Gasteiger partial charge in [-0.15, -0.1) is 0 Å². The number of benzene rings is 3. The second-order valence-electron chi connectivity index (χ2n) is 8.45. The van der Waals surface area contributed by atoms with Gasteiger partial charge in [-0.1, -0.05) is 42.5 Å². The van der Waals surface area contributed by atoms with Gasteiger partial charge in [0.2, 0.25) is 10.0 Å². The fraction of sp³-hybridized carbons (Fsp3) is 0.296. The van der Waals surface area contributed by atoms with Crippen molar-refractivity contribution in [2.24, 2.45) is 0 Å². The summed E-state index contributed by atoms with van der Waals surface area (Å²) in [6.45, 7) is 3.61. The highest BCUT2D eigenvalue weighted by molar-refractivity contribution is 7.89. The lowest BCUT2D eigenvalue weighted by atomic mass is 10.1. The Kier molecular flexibility index (Phi) is 8.58. The minimum Gasteiger partial charge on any atom is -0.493 e. The lowest BCUT2D eigenvalue weighted by Gasteiger charge is -2.34. The Hall–Kier alpha value is -3.40. The molecule has 0 aromatic heterocycles. The number of para-hydroxylation sites is 2. The number of ether oxygens (including phenoxy) is 2. The van der Waals surface area contributed by atoms with Crippen molar-refractivity contribution in [2.75, 3.05) is 46.4 Å². The zero-order valence-electron chi connectivity index (χ0n) is 20.3. The van der Waals surface area contributed by atoms with E-state index in [-0.39, 0.29) is 5.91 Å². The zero-order valence-corrected chi connectivity index (χ0v) is 21.1. The number of hydrogen-bond donors (Lipinski definition) is 1. The third kappa shape index (κ3) is 6.42. The molecule has 36 heavy (non-hydrogen) atoms. The molecule has 0 bridgehead atoms. The number of carbonyl (C=O) groups is 1. The topological polar surface area (TPSA) is 88.2 Å². The first-order chi connectivity index (χ1) is 17.5. The number of nitrogens with zero attached hydrogens (tertiary/aromatic N) is 2. The number of hydrogen-bond acceptors (Lipinski definition) is 6. The minimum absolute atomic E-state index is 0.162. The number of rotatable bonds is 10. The summed E-state index contributed by atoms with van der Waals surface area (Å²) in [6.07, 6.45) is 0. The molecule has 3 aromatic rings. The Morgan fingerprint density at radius 3 is 2.17 bits per heavy atom. The molecule has 1 aliphatic rings. The van der Waals surface area contributed by atoms with Gasteiger partial charge in [0.05, 0.1) is 18.6 Å². The third-order valence-electron chi connectivity index (χ3n) is 6.05. The van der Waals surface area contributed by atoms with Gasteiger partial charge >= 0.3 is 0 Å². The SMILES string of the molecule is COc1ccccc1OCCNC(=O)c1ccc(CN2CCN(S(=O)(=O)c3ccccc3)CC2)cc1. The summed E-state index contributed by atoms with van der Waals surface area (Å²) in [5, 5.41) is 2.86. The molecule has 1 heterocycles. The third-order valence-corrected chi connectivity index (χ3v) is 7.96. The van der Waals surface area contributed by atoms with Crippen LogP contribution in [0, 0.1) is 0 Å². The molecule has 1 saturated heterocycles. The summed E-state index contributed by atoms with van der Waals surface area (Å²) in [6, 6.07) is 23.4. The number of methoxy groups -OCH3 is 1. The van der Waals surface area contributed by atoms with Gasteiger partial charge in [0.25, 0.3) is 5.91 Å². The van der Waals surface area contributed by atoms with Crippen molar-refractivity contribution in [1.29, 1.82) is 0 Å². The van der Waals surface area contributed by atoms with E-state index in [1.54, 1.807) is 35.7 Å². The van der Waals surface area contributed by atoms with E-state index in [9.17, 15) is 13.2 Å². The second kappa shape index (κ2) is 12.0. The molecule has 0 unspecified atom stereocenters. The van der Waals surface area contributed by atoms with Crippen molar-refractivity contribution in [2.45, 2.75) is 11.4 Å². The van der Waals surface area contributed by atoms with Crippen molar-refractivity contribution < 1.29 is 22.7 Å². The van der Waals surface area contributed by atoms with E-state index in [1.807, 2.05) is 54.6 Å². The first-order valence-corrected chi connectivity index (χ1v) is 13.3. The molecule has 0 radical (unpaired) electrons. The van der Waals surface area contributed by atoms with E-state index in [0.29, 0.717) is 67.8 Å². The van der Waals surface area contributed by atoms with Gasteiger partial charge in [-0.2, -0.15) is 4.31 Å². The number of amides is 1. The number of sulfonamides is 1. The van der Waals surface area contributed by atoms with Crippen molar-refractivity contribution in [3.05, 3.63) is 90.0 Å². The molecule has 0 spiro atoms. The van der Waals surface area contributed by atoms with E-state index in [2.05, 4.69) is 10.2 Å². The molecule has 4 rings (SSSR count). The summed E-state index contributed by atoms with van der Waals surface area (Å²) in [7, 11) is -1.87. The minimum atomic E-state index is -3.46. The van der Waals surface area contributed by atoms with E-state index in [1.165, 1.54) is 0 Å². The first kappa shape index (κ1) is 25.7. The monoisotopic (exact) mass is 509 g/mol. The van der Waals surface area contributed by atoms with Crippen LogP contribution < -0.4 is 14.8 Å². The summed E-state index contributed by atoms with van der Waals surface area (Å²) in [4.78, 5) is 15.0. The first-order valence-electron chi connectivity index (χ1n) is 11.9. The molecule has 1 fully saturated rings. The summed E-state index contributed by atoms with van der Waals surface area (Å²) >= 11 is 0. The molecule has 190 valence electrons. The molecule has 1 N–H and O–H groups in total. The number of nitrogens with one attached hydrogen (secondary N) is 1. The zero-order chi connectivity index (χ0) is 25.4. The Bertz CT molecular complexity index is 1240. The normalized spacial score (nSPS) is 14.8. The standard InChI is InChI=1S/C27H31N3O5S/c1-34-25-9-5-6-10-26(25)35-20-15-28-27(31)23-13-11-22(12-14-23)21-29-16-18-30(19-17-29)36(32,33)24-7-3-2-4-8-24/h2-14H,15-21H2,1H3,(H,28,31). The Labute approximate surface area is 212 Å². The van der Waals surface area contributed by atoms with Crippen LogP contribution in [-0.4, -0.2) is 70.0 Å². The fourth-order valence-electron chi connectivity index (χ4n) is 4.05. The largest absolute Gasteiger partial charge is 0.493 e. The lowest BCUT2D eigenvalue weighted by molar-refractivity contribution is 0.0946. The fourth-order valence-corrected chi connectivity index (χ4v) is 5.50. The summed E-state index contributed by atoms with van der Waals surface area (Å²) in [5.74, 6) is 1.13. The number of carbonyl (C=O) groups excluding carboxylic acids is 1. The van der Waals surface area contributed by atoms with Crippen LogP contribution in [0.4, 0.5) is 0 Å². The van der Waals surface area contributed by atoms with E-state index < -0.39 is 10.0 Å². The van der Waals surface area contributed by atoms with Crippen LogP contribution in [0.5, 0.6) is 11.5 Å². The predicted molar refractivity (Wildman–Crippen MR) is 138 cm³/mol. The highest BCUT2D eigenvalue weighted by Gasteiger charge is 2.28. The van der Waals surface area contributed by atoms with Crippen molar-refractivity contribution in [3.8, 4) is 11.5 Å². The molecular weight excluding hydrogens is 478 g/mol. The van der Waals surface area contributed by atoms with Crippen LogP contribution in [0.25, 0.3) is 0 Å². The molecule has 1 amide bonds. The molecule has 0 saturated carbocycles. The maximum absolute atomic E-state index is 12.8. The van der Waals surface area contributed by atoms with E-state index >= 15 is 0 Å². The van der Waals surface area contributed by atoms with Crippen LogP contribution in [0.1, 0.15) is 15.9 Å². The highest BCUT2D eigenvalue weighted by Crippen LogP contribution is 2.25. The van der Waals surface area contributed by atoms with Crippen molar-refractivity contribution in [1.82, 2.24) is 14.5 Å². The quantitative estimate of drug-likeness (QED) is 0.423. The Morgan fingerprint density at radius 2 is 1.50 bits per heavy atom. The molecule has 3 aromatic carbocycles. The highest BCUT2D eigenvalue weighted by atomic mass is 32.2. The number of piperazine rings is 1. The van der Waals surface area contributed by atoms with Crippen molar-refractivity contribution >= 4 is 15.9 Å². The van der Waals surface area contributed by atoms with Gasteiger partial charge in [0.1, 0.15) is 6.61 Å². The molecule has 0 aliphatic carbocycles. The molecular formula is C27H31N3O5S. The van der Waals surface area contributed by atoms with Crippen molar-refractivity contribution in [3.63, 3.8) is 0 Å². The Balaban J connectivity index is 1.21. The van der Waals surface area contributed by atoms with Crippen LogP contribution in [0.15, 0.2) is 83.8 Å². The molecule has 1 aliphatic heterocycles. The van der Waals surface area contributed by atoms with Gasteiger partial charge in [0, 0.05) is 38.3 Å². The smallest absolute Gasteiger partial charge is 0.251 e. The average molecular weight is 510 g/mol. The van der Waals surface area contributed by atoms with Gasteiger partial charge in [0.15, 0.2) is 11.5 Å². The summed E-state index contributed by atoms with van der Waals surface area (Å²) in [5.41, 5.74) is 1.65. The second-order valence-corrected chi connectivity index (χ2v) is 10.4. The van der Waals surface area contributed by atoms with Crippen LogP contribution in [0.2, 0.25) is 0 Å². The van der Waals surface area contributed by atoms with Gasteiger partial charge in [-0.05, 0) is 42.0 Å². The molecule has 8 nitrogen and oxygen atoms in total. The van der Waals surface area contributed by atoms with Gasteiger partial charge < -0.3 is 14.8 Å². The maximum Gasteiger partial charge on any atom is 0.251 e. The van der Waals surface area contributed by atoms with Crippen LogP contribution >= 0.6 is 0 Å². The Morgan fingerprint density at radius 1 is 0.861 bits per heavy atom. The van der Waals surface area contributed by atoms with E-state index in [0.717, 1.165) is 5.56 Å².